The first kappa shape index (κ1) is 18.0. The van der Waals surface area contributed by atoms with Crippen LogP contribution in [0.25, 0.3) is 11.3 Å². The molecule has 0 bridgehead atoms. The molecule has 6 heteroatoms. The summed E-state index contributed by atoms with van der Waals surface area (Å²) in [7, 11) is 0. The summed E-state index contributed by atoms with van der Waals surface area (Å²) >= 11 is 7.19. The third-order valence-electron chi connectivity index (χ3n) is 4.00. The second-order valence-corrected chi connectivity index (χ2v) is 6.93. The van der Waals surface area contributed by atoms with E-state index in [0.717, 1.165) is 22.3 Å². The topological polar surface area (TPSA) is 12.9 Å². The molecule has 0 aliphatic heterocycles. The Hall–Kier alpha value is -1.85. The predicted octanol–water partition coefficient (Wildman–Crippen LogP) is 7.02. The van der Waals surface area contributed by atoms with Gasteiger partial charge in [-0.3, -0.25) is 0 Å². The number of alkyl halides is 3. The highest BCUT2D eigenvalue weighted by Gasteiger charge is 2.34. The zero-order chi connectivity index (χ0) is 18.0. The molecule has 0 aliphatic rings. The van der Waals surface area contributed by atoms with Crippen molar-refractivity contribution in [1.29, 1.82) is 0 Å². The first-order chi connectivity index (χ1) is 11.9. The van der Waals surface area contributed by atoms with Crippen molar-refractivity contribution in [1.82, 2.24) is 4.98 Å². The van der Waals surface area contributed by atoms with Crippen LogP contribution in [0.4, 0.5) is 13.2 Å². The van der Waals surface area contributed by atoms with E-state index in [0.29, 0.717) is 12.0 Å². The Morgan fingerprint density at radius 1 is 1.12 bits per heavy atom. The molecule has 2 aromatic carbocycles. The Morgan fingerprint density at radius 2 is 1.84 bits per heavy atom. The highest BCUT2D eigenvalue weighted by molar-refractivity contribution is 7.10. The van der Waals surface area contributed by atoms with Crippen LogP contribution in [0.2, 0.25) is 5.02 Å². The molecule has 0 N–H and O–H groups in total. The smallest absolute Gasteiger partial charge is 0.241 e. The lowest BCUT2D eigenvalue weighted by Crippen LogP contribution is -2.08. The predicted molar refractivity (Wildman–Crippen MR) is 96.1 cm³/mol. The van der Waals surface area contributed by atoms with Crippen LogP contribution >= 0.6 is 22.9 Å². The van der Waals surface area contributed by atoms with Gasteiger partial charge in [0.1, 0.15) is 5.01 Å². The number of nitrogens with zero attached hydrogens (tertiary/aromatic N) is 1. The molecule has 0 saturated carbocycles. The van der Waals surface area contributed by atoms with Crippen molar-refractivity contribution in [2.45, 2.75) is 25.4 Å². The third-order valence-corrected chi connectivity index (χ3v) is 5.28. The summed E-state index contributed by atoms with van der Waals surface area (Å²) < 4.78 is 39.4. The van der Waals surface area contributed by atoms with Crippen LogP contribution in [-0.2, 0) is 6.18 Å². The average Bonchev–Trinajstić information content (AvgIpc) is 3.06. The maximum atomic E-state index is 13.1. The molecule has 0 aliphatic carbocycles. The van der Waals surface area contributed by atoms with Gasteiger partial charge in [0.2, 0.25) is 0 Å². The Bertz CT molecular complexity index is 859. The molecule has 3 aromatic rings. The second kappa shape index (κ2) is 7.18. The molecule has 1 atom stereocenters. The second-order valence-electron chi connectivity index (χ2n) is 5.63. The summed E-state index contributed by atoms with van der Waals surface area (Å²) in [6.07, 6.45) is -3.82. The number of thiazole rings is 1. The number of rotatable bonds is 4. The molecule has 130 valence electrons. The van der Waals surface area contributed by atoms with Crippen molar-refractivity contribution in [3.8, 4) is 11.3 Å². The van der Waals surface area contributed by atoms with Crippen LogP contribution in [0.1, 0.15) is 35.4 Å². The molecule has 0 spiro atoms. The lowest BCUT2D eigenvalue weighted by Gasteiger charge is -2.16. The number of aromatic nitrogens is 1. The van der Waals surface area contributed by atoms with Crippen LogP contribution < -0.4 is 0 Å². The van der Waals surface area contributed by atoms with E-state index < -0.39 is 11.7 Å². The number of hydrogen-bond donors (Lipinski definition) is 0. The number of benzene rings is 2. The minimum Gasteiger partial charge on any atom is -0.241 e. The summed E-state index contributed by atoms with van der Waals surface area (Å²) in [5, 5.41) is 2.46. The quantitative estimate of drug-likeness (QED) is 0.473. The molecule has 1 nitrogen and oxygen atoms in total. The van der Waals surface area contributed by atoms with E-state index in [1.807, 2.05) is 42.6 Å². The summed E-state index contributed by atoms with van der Waals surface area (Å²) in [5.41, 5.74) is 1.61. The van der Waals surface area contributed by atoms with Crippen LogP contribution in [0.5, 0.6) is 0 Å². The van der Waals surface area contributed by atoms with Gasteiger partial charge in [0.25, 0.3) is 0 Å². The van der Waals surface area contributed by atoms with E-state index in [1.165, 1.54) is 17.4 Å². The van der Waals surface area contributed by atoms with Gasteiger partial charge in [0.05, 0.1) is 16.3 Å². The Labute approximate surface area is 153 Å². The molecular weight excluding hydrogens is 367 g/mol. The normalized spacial score (nSPS) is 13.0. The molecule has 0 fully saturated rings. The van der Waals surface area contributed by atoms with Gasteiger partial charge in [0, 0.05) is 16.9 Å². The first-order valence-corrected chi connectivity index (χ1v) is 9.03. The van der Waals surface area contributed by atoms with Gasteiger partial charge in [-0.15, -0.1) is 11.3 Å². The molecule has 1 unspecified atom stereocenters. The van der Waals surface area contributed by atoms with Crippen molar-refractivity contribution in [3.05, 3.63) is 75.1 Å². The first-order valence-electron chi connectivity index (χ1n) is 7.77. The summed E-state index contributed by atoms with van der Waals surface area (Å²) in [4.78, 5) is 4.65. The van der Waals surface area contributed by atoms with Gasteiger partial charge in [-0.2, -0.15) is 13.2 Å². The van der Waals surface area contributed by atoms with Crippen molar-refractivity contribution < 1.29 is 13.2 Å². The third kappa shape index (κ3) is 3.88. The highest BCUT2D eigenvalue weighted by Crippen LogP contribution is 2.39. The monoisotopic (exact) mass is 381 g/mol. The van der Waals surface area contributed by atoms with E-state index in [2.05, 4.69) is 4.98 Å². The maximum Gasteiger partial charge on any atom is 0.417 e. The van der Waals surface area contributed by atoms with Crippen molar-refractivity contribution in [2.75, 3.05) is 0 Å². The van der Waals surface area contributed by atoms with Crippen molar-refractivity contribution >= 4 is 22.9 Å². The minimum absolute atomic E-state index is 0.194. The summed E-state index contributed by atoms with van der Waals surface area (Å²) in [6, 6.07) is 13.8. The van der Waals surface area contributed by atoms with Crippen LogP contribution in [0, 0.1) is 0 Å². The van der Waals surface area contributed by atoms with Gasteiger partial charge in [-0.05, 0) is 24.1 Å². The van der Waals surface area contributed by atoms with E-state index in [4.69, 9.17) is 11.6 Å². The highest BCUT2D eigenvalue weighted by atomic mass is 35.5. The van der Waals surface area contributed by atoms with Gasteiger partial charge >= 0.3 is 6.18 Å². The molecule has 0 radical (unpaired) electrons. The van der Waals surface area contributed by atoms with Gasteiger partial charge in [0.15, 0.2) is 0 Å². The fourth-order valence-electron chi connectivity index (χ4n) is 2.72. The van der Waals surface area contributed by atoms with Crippen LogP contribution in [-0.4, -0.2) is 4.98 Å². The zero-order valence-electron chi connectivity index (χ0n) is 13.3. The Balaban J connectivity index is 1.98. The number of halogens is 4. The van der Waals surface area contributed by atoms with Gasteiger partial charge in [-0.1, -0.05) is 54.9 Å². The average molecular weight is 382 g/mol. The molecule has 25 heavy (non-hydrogen) atoms. The largest absolute Gasteiger partial charge is 0.417 e. The number of hydrogen-bond acceptors (Lipinski definition) is 2. The lowest BCUT2D eigenvalue weighted by molar-refractivity contribution is -0.137. The van der Waals surface area contributed by atoms with Crippen molar-refractivity contribution in [3.63, 3.8) is 0 Å². The molecule has 0 amide bonds. The molecule has 1 heterocycles. The molecule has 1 aromatic heterocycles. The zero-order valence-corrected chi connectivity index (χ0v) is 14.9. The van der Waals surface area contributed by atoms with E-state index >= 15 is 0 Å². The van der Waals surface area contributed by atoms with Gasteiger partial charge in [-0.25, -0.2) is 4.98 Å². The van der Waals surface area contributed by atoms with Crippen molar-refractivity contribution in [2.24, 2.45) is 0 Å². The van der Waals surface area contributed by atoms with Crippen LogP contribution in [0.15, 0.2) is 53.9 Å². The lowest BCUT2D eigenvalue weighted by atomic mass is 9.95. The molecule has 0 saturated heterocycles. The maximum absolute atomic E-state index is 13.1. The Morgan fingerprint density at radius 3 is 2.48 bits per heavy atom. The van der Waals surface area contributed by atoms with Gasteiger partial charge < -0.3 is 0 Å². The van der Waals surface area contributed by atoms with E-state index in [-0.39, 0.29) is 10.9 Å². The minimum atomic E-state index is -4.47. The summed E-state index contributed by atoms with van der Waals surface area (Å²) in [5.74, 6) is -0.194. The molecular formula is C19H15ClF3NS. The molecule has 3 rings (SSSR count). The fraction of sp³-hybridized carbons (Fsp3) is 0.211. The van der Waals surface area contributed by atoms with E-state index in [9.17, 15) is 13.2 Å². The fourth-order valence-corrected chi connectivity index (χ4v) is 3.98. The van der Waals surface area contributed by atoms with Crippen LogP contribution in [0.3, 0.4) is 0 Å². The SMILES string of the molecule is CCC(c1ccc(Cl)c(C(F)(F)F)c1)c1nc(-c2ccccc2)cs1. The Kier molecular flexibility index (Phi) is 5.16. The standard InChI is InChI=1S/C19H15ClF3NS/c1-2-14(13-8-9-16(20)15(10-13)19(21,22)23)18-24-17(11-25-18)12-6-4-3-5-7-12/h3-11,14H,2H2,1H3. The van der Waals surface area contributed by atoms with E-state index in [1.54, 1.807) is 6.07 Å². The summed E-state index contributed by atoms with van der Waals surface area (Å²) in [6.45, 7) is 1.94.